The number of halogens is 1. The summed E-state index contributed by atoms with van der Waals surface area (Å²) in [5.41, 5.74) is 27.6. The summed E-state index contributed by atoms with van der Waals surface area (Å²) in [5, 5.41) is -1.67. The summed E-state index contributed by atoms with van der Waals surface area (Å²) in [4.78, 5) is 98.3. The molecule has 39 heteroatoms. The monoisotopic (exact) mass is 2140 g/mol. The molecule has 1 saturated carbocycles. The van der Waals surface area contributed by atoms with Gasteiger partial charge >= 0.3 is 0 Å². The van der Waals surface area contributed by atoms with Crippen molar-refractivity contribution in [3.8, 4) is 34.1 Å². The summed E-state index contributed by atoms with van der Waals surface area (Å²) >= 11 is 0. The maximum atomic E-state index is 14.6. The Balaban J connectivity index is 0.000000190. The highest BCUT2D eigenvalue weighted by Crippen LogP contribution is 2.46. The molecule has 150 heavy (non-hydrogen) atoms. The summed E-state index contributed by atoms with van der Waals surface area (Å²) in [6, 6.07) is 30.7. The number of pyridine rings is 8. The molecule has 14 rings (SSSR count). The van der Waals surface area contributed by atoms with Crippen molar-refractivity contribution in [3.05, 3.63) is 190 Å². The molecule has 814 valence electrons. The van der Waals surface area contributed by atoms with Crippen molar-refractivity contribution >= 4 is 117 Å². The van der Waals surface area contributed by atoms with E-state index >= 15 is 0 Å². The maximum absolute atomic E-state index is 14.6. The van der Waals surface area contributed by atoms with Crippen LogP contribution in [0.1, 0.15) is 308 Å². The largest absolute Gasteiger partial charge is 0.493 e. The van der Waals surface area contributed by atoms with Crippen molar-refractivity contribution in [2.75, 3.05) is 76.2 Å². The second-order valence-corrected chi connectivity index (χ2v) is 53.9. The lowest BCUT2D eigenvalue weighted by molar-refractivity contribution is 0.0971. The van der Waals surface area contributed by atoms with Crippen molar-refractivity contribution in [1.82, 2.24) is 58.8 Å². The van der Waals surface area contributed by atoms with Gasteiger partial charge in [0.15, 0.2) is 15.1 Å². The molecule has 1 aliphatic carbocycles. The number of carbonyl (C=O) groups excluding carboxylic acids is 4. The van der Waals surface area contributed by atoms with E-state index < -0.39 is 74.8 Å². The van der Waals surface area contributed by atoms with Crippen LogP contribution in [0.3, 0.4) is 0 Å². The van der Waals surface area contributed by atoms with Crippen LogP contribution in [-0.2, 0) is 50.9 Å². The van der Waals surface area contributed by atoms with Gasteiger partial charge < -0.3 is 52.0 Å². The smallest absolute Gasteiger partial charge is 0.281 e. The Morgan fingerprint density at radius 1 is 0.467 bits per heavy atom. The molecule has 4 amide bonds. The summed E-state index contributed by atoms with van der Waals surface area (Å²) in [6.45, 7) is 58.2. The van der Waals surface area contributed by atoms with E-state index in [4.69, 9.17) is 52.3 Å². The van der Waals surface area contributed by atoms with Gasteiger partial charge in [0.05, 0.1) is 63.5 Å². The number of amides is 4. The highest BCUT2D eigenvalue weighted by molar-refractivity contribution is 7.91. The van der Waals surface area contributed by atoms with Crippen LogP contribution in [0.15, 0.2) is 155 Å². The molecule has 9 aromatic rings. The third-order valence-electron chi connectivity index (χ3n) is 26.5. The van der Waals surface area contributed by atoms with Gasteiger partial charge in [-0.3, -0.25) is 19.2 Å². The molecule has 0 bridgehead atoms. The van der Waals surface area contributed by atoms with E-state index in [9.17, 15) is 57.2 Å². The van der Waals surface area contributed by atoms with Gasteiger partial charge in [0.25, 0.3) is 53.7 Å². The Hall–Kier alpha value is -12.3. The highest BCUT2D eigenvalue weighted by atomic mass is 32.2. The number of ether oxygens (including phenoxy) is 2. The number of unbranched alkanes of at least 4 members (excludes halogenated alkanes) is 1. The Labute approximate surface area is 887 Å². The molecule has 4 aliphatic heterocycles. The topological polar surface area (TPSA) is 492 Å². The number of anilines is 7. The van der Waals surface area contributed by atoms with Crippen molar-refractivity contribution in [2.45, 2.75) is 304 Å². The number of benzene rings is 1. The zero-order valence-electron chi connectivity index (χ0n) is 91.8. The Bertz CT molecular complexity index is 6980. The zero-order chi connectivity index (χ0) is 111. The fourth-order valence-corrected chi connectivity index (χ4v) is 24.2. The minimum atomic E-state index is -4.25. The average Bonchev–Trinajstić information content (AvgIpc) is 1.53. The number of nitrogens with zero attached hydrogens (tertiary/aromatic N) is 12. The van der Waals surface area contributed by atoms with Gasteiger partial charge in [0.1, 0.15) is 52.3 Å². The van der Waals surface area contributed by atoms with Gasteiger partial charge in [-0.1, -0.05) is 180 Å². The van der Waals surface area contributed by atoms with Crippen LogP contribution in [-0.4, -0.2) is 170 Å². The third kappa shape index (κ3) is 30.4. The average molecular weight is 2140 g/mol. The van der Waals surface area contributed by atoms with Crippen LogP contribution < -0.4 is 70.9 Å². The van der Waals surface area contributed by atoms with Crippen LogP contribution in [0.25, 0.3) is 34.7 Å². The molecular weight excluding hydrogens is 1980 g/mol. The predicted molar refractivity (Wildman–Crippen MR) is 593 cm³/mol. The normalized spacial score (nSPS) is 19.2. The highest BCUT2D eigenvalue weighted by Gasteiger charge is 2.46. The third-order valence-corrected chi connectivity index (χ3v) is 31.9. The minimum absolute atomic E-state index is 0.0360. The number of hydrogen-bond acceptors (Lipinski definition) is 30. The van der Waals surface area contributed by atoms with Gasteiger partial charge in [0, 0.05) is 94.7 Å². The molecule has 1 unspecified atom stereocenters. The van der Waals surface area contributed by atoms with Gasteiger partial charge in [-0.2, -0.15) is 25.3 Å². The number of rotatable bonds is 28. The number of nitrogen functional groups attached to an aromatic ring is 3. The van der Waals surface area contributed by atoms with E-state index in [0.717, 1.165) is 79.6 Å². The molecule has 0 spiro atoms. The predicted octanol–water partition coefficient (Wildman–Crippen LogP) is 18.8. The molecule has 4 saturated heterocycles. The summed E-state index contributed by atoms with van der Waals surface area (Å²) in [5.74, 6) is 1.45. The van der Waals surface area contributed by atoms with Crippen molar-refractivity contribution in [3.63, 3.8) is 0 Å². The number of nitrogens with one attached hydrogen (secondary N) is 4. The van der Waals surface area contributed by atoms with Crippen LogP contribution in [0.2, 0.25) is 0 Å². The second-order valence-electron chi connectivity index (χ2n) is 47.0. The molecule has 5 fully saturated rings. The first-order valence-corrected chi connectivity index (χ1v) is 57.4. The van der Waals surface area contributed by atoms with E-state index in [1.165, 1.54) is 66.7 Å². The number of allylic oxidation sites excluding steroid dienone is 2. The SMILES string of the molecule is CC(C)COc1cc(-c2ccc(C(=O)NS(=O)(=O)c3cccc(N)n3)c(N3C[C@@H](C)CC3(C)C)n2)ccn1.CC(C)COc1cc(F)cc(-c2ccc(C(=O)NS(=O)(=O)C3CCC[C@@H](N)C3)c(N3C[C@@H](C)CC3(C)C)n2)c1.CCC/C=C/c1cc(C(=O)NS(=O)(=O)c2cccc(N)n2)c(N2C[C@@H](C)CC2(C)C)nc1C(C)(C)C.C[C@@H]1CN(c2nc(C(C)(C)C)c(/C=C/C(C)(C)C)cc2C(=O)NS(=O)(=O)c2cccc(N)n2)C(C)(C)C1. The minimum Gasteiger partial charge on any atom is -0.493 e. The first-order valence-electron chi connectivity index (χ1n) is 51.4. The lowest BCUT2D eigenvalue weighted by atomic mass is 9.86. The van der Waals surface area contributed by atoms with Crippen molar-refractivity contribution in [2.24, 2.45) is 46.7 Å². The van der Waals surface area contributed by atoms with Gasteiger partial charge in [-0.25, -0.2) is 71.6 Å². The summed E-state index contributed by atoms with van der Waals surface area (Å²) in [7, 11) is -16.7. The Kier molecular flexibility index (Phi) is 36.8. The van der Waals surface area contributed by atoms with Crippen LogP contribution in [0.4, 0.5) is 45.1 Å². The number of carbonyl (C=O) groups is 4. The van der Waals surface area contributed by atoms with E-state index in [0.29, 0.717) is 134 Å². The van der Waals surface area contributed by atoms with Crippen LogP contribution in [0.5, 0.6) is 11.6 Å². The molecule has 5 aliphatic rings. The molecule has 6 atom stereocenters. The second kappa shape index (κ2) is 46.9. The van der Waals surface area contributed by atoms with Gasteiger partial charge in [-0.05, 0) is 250 Å². The lowest BCUT2D eigenvalue weighted by Gasteiger charge is -2.35. The zero-order valence-corrected chi connectivity index (χ0v) is 95.0. The molecule has 12 N–H and O–H groups in total. The molecule has 0 radical (unpaired) electrons. The van der Waals surface area contributed by atoms with E-state index in [1.807, 2.05) is 38.1 Å². The number of nitrogens with two attached hydrogens (primary N) is 4. The quantitative estimate of drug-likeness (QED) is 0.0226. The number of aromatic nitrogens is 8. The fourth-order valence-electron chi connectivity index (χ4n) is 19.9. The maximum Gasteiger partial charge on any atom is 0.281 e. The van der Waals surface area contributed by atoms with Crippen molar-refractivity contribution < 1.29 is 66.7 Å². The molecule has 12 heterocycles. The number of sulfonamides is 4. The van der Waals surface area contributed by atoms with Crippen molar-refractivity contribution in [1.29, 1.82) is 0 Å². The fraction of sp³-hybridized carbons (Fsp3) is 0.514. The first-order chi connectivity index (χ1) is 69.6. The Morgan fingerprint density at radius 2 is 0.847 bits per heavy atom. The van der Waals surface area contributed by atoms with Crippen LogP contribution >= 0.6 is 0 Å². The Morgan fingerprint density at radius 3 is 1.21 bits per heavy atom. The molecule has 8 aromatic heterocycles. The molecular formula is C111H155FN20O14S4. The molecule has 1 aromatic carbocycles. The van der Waals surface area contributed by atoms with Gasteiger partial charge in [-0.15, -0.1) is 0 Å². The van der Waals surface area contributed by atoms with E-state index in [1.54, 1.807) is 48.7 Å². The summed E-state index contributed by atoms with van der Waals surface area (Å²) < 4.78 is 139. The first kappa shape index (κ1) is 118. The van der Waals surface area contributed by atoms with Crippen LogP contribution in [0, 0.1) is 46.7 Å². The molecule has 34 nitrogen and oxygen atoms in total. The number of hydrogen-bond donors (Lipinski definition) is 8. The van der Waals surface area contributed by atoms with E-state index in [2.05, 4.69) is 237 Å². The lowest BCUT2D eigenvalue weighted by Crippen LogP contribution is -2.44. The standard InChI is InChI=1S/C29H41FN4O4S.C28H41N5O3S.C27H34N6O4S.C27H39N5O3S/c1-18(2)17-38-23-12-20(11-21(30)13-23)26-10-9-25(27(32-26)34-16-19(3)15-29(34,4)5)28(35)33-39(36,37)24-8-6-7-22(31)14-24;1-18-16-28(8,9)33(17-18)24-20(25(34)32-37(35,36)22-12-10-11-21(29)30-22)15-19(13-14-26(2,3)4)23(31-24)27(5,6)7;1-17(2)16-37-23-13-19(11-12-29-23)21-10-9-20(25(30-21)33-15-18(3)14-27(33,4)5)26(34)32-38(35,36)24-8-6-7-22(28)31-24;1-8-9-10-12-19-15-20(25(33)31-36(34,35)22-14-11-13-21(28)29-22)24(30-23(19)26(3,4)5)32-17-18(2)16-27(32,6)7/h9-13,18-19,22,24H,6-8,14-17,31H2,1-5H3,(H,33,35);10-15,18H,16-17H2,1-9H3,(H2,29,30)(H,32,34);6-13,17-18H,14-16H2,1-5H3,(H2,28,31)(H,32,34);10-15,18H,8-9,16-17H2,1-7H3,(H2,28,29)(H,31,33)/b;14-13+;;12-10+/t19-,22+,24?;3*18-/m0000/s1. The summed E-state index contributed by atoms with van der Waals surface area (Å²) in [6.07, 6.45) is 17.5. The van der Waals surface area contributed by atoms with Gasteiger partial charge in [0.2, 0.25) is 15.9 Å². The van der Waals surface area contributed by atoms with E-state index in [-0.39, 0.29) is 105 Å².